The second-order valence-corrected chi connectivity index (χ2v) is 5.11. The zero-order chi connectivity index (χ0) is 10.7. The van der Waals surface area contributed by atoms with Crippen LogP contribution in [0.3, 0.4) is 0 Å². The molecule has 0 saturated carbocycles. The molecule has 76 valence electrons. The summed E-state index contributed by atoms with van der Waals surface area (Å²) in [5.41, 5.74) is 1.51. The van der Waals surface area contributed by atoms with Crippen molar-refractivity contribution >= 4 is 10.2 Å². The van der Waals surface area contributed by atoms with Crippen LogP contribution in [-0.4, -0.2) is 10.2 Å². The molecular formula is C13H13FSi. The zero-order valence-corrected chi connectivity index (χ0v) is 10.7. The Bertz CT molecular complexity index is 381. The lowest BCUT2D eigenvalue weighted by Crippen LogP contribution is -2.21. The molecule has 0 saturated heterocycles. The standard InChI is InChI=1S/C13H13FSi/c14-13(15,11-7-3-1-4-8-11)12-9-5-2-6-10-12/h1-10H,15H3. The van der Waals surface area contributed by atoms with Crippen LogP contribution in [0.4, 0.5) is 4.39 Å². The van der Waals surface area contributed by atoms with Crippen LogP contribution in [-0.2, 0) is 5.29 Å². The Hall–Kier alpha value is -1.41. The van der Waals surface area contributed by atoms with Crippen LogP contribution in [0, 0.1) is 0 Å². The fourth-order valence-electron chi connectivity index (χ4n) is 1.67. The molecule has 0 heterocycles. The molecule has 0 fully saturated rings. The van der Waals surface area contributed by atoms with Crippen molar-refractivity contribution in [2.45, 2.75) is 5.29 Å². The summed E-state index contributed by atoms with van der Waals surface area (Å²) in [7, 11) is 0.457. The first kappa shape index (κ1) is 10.1. The van der Waals surface area contributed by atoms with Crippen molar-refractivity contribution in [1.29, 1.82) is 0 Å². The number of rotatable bonds is 2. The predicted octanol–water partition coefficient (Wildman–Crippen LogP) is 2.22. The summed E-state index contributed by atoms with van der Waals surface area (Å²) >= 11 is 0. The highest BCUT2D eigenvalue weighted by molar-refractivity contribution is 6.16. The first-order valence-corrected chi connectivity index (χ1v) is 6.01. The van der Waals surface area contributed by atoms with Crippen LogP contribution >= 0.6 is 0 Å². The van der Waals surface area contributed by atoms with E-state index in [-0.39, 0.29) is 0 Å². The summed E-state index contributed by atoms with van der Waals surface area (Å²) in [5.74, 6) is 0. The maximum Gasteiger partial charge on any atom is 0.137 e. The maximum atomic E-state index is 14.6. The topological polar surface area (TPSA) is 0 Å². The van der Waals surface area contributed by atoms with Crippen LogP contribution in [0.1, 0.15) is 11.1 Å². The summed E-state index contributed by atoms with van der Waals surface area (Å²) in [6.45, 7) is 0. The molecule has 0 unspecified atom stereocenters. The van der Waals surface area contributed by atoms with Gasteiger partial charge in [0.15, 0.2) is 0 Å². The van der Waals surface area contributed by atoms with Gasteiger partial charge in [0.1, 0.15) is 5.29 Å². The van der Waals surface area contributed by atoms with Crippen LogP contribution in [0.15, 0.2) is 60.7 Å². The number of halogens is 1. The molecule has 0 spiro atoms. The largest absolute Gasteiger partial charge is 0.239 e. The van der Waals surface area contributed by atoms with E-state index in [1.165, 1.54) is 0 Å². The molecule has 0 aliphatic carbocycles. The van der Waals surface area contributed by atoms with Gasteiger partial charge in [-0.15, -0.1) is 0 Å². The van der Waals surface area contributed by atoms with Gasteiger partial charge in [0.25, 0.3) is 0 Å². The van der Waals surface area contributed by atoms with Crippen LogP contribution in [0.25, 0.3) is 0 Å². The number of hydrogen-bond donors (Lipinski definition) is 0. The van der Waals surface area contributed by atoms with Crippen LogP contribution in [0.5, 0.6) is 0 Å². The van der Waals surface area contributed by atoms with Crippen molar-refractivity contribution in [3.05, 3.63) is 71.8 Å². The van der Waals surface area contributed by atoms with Crippen molar-refractivity contribution < 1.29 is 4.39 Å². The minimum absolute atomic E-state index is 0.457. The van der Waals surface area contributed by atoms with Gasteiger partial charge >= 0.3 is 0 Å². The van der Waals surface area contributed by atoms with Gasteiger partial charge in [-0.25, -0.2) is 4.39 Å². The first-order valence-electron chi connectivity index (χ1n) is 5.01. The molecule has 0 atom stereocenters. The zero-order valence-electron chi connectivity index (χ0n) is 8.65. The average molecular weight is 216 g/mol. The lowest BCUT2D eigenvalue weighted by atomic mass is 10.0. The van der Waals surface area contributed by atoms with E-state index >= 15 is 0 Å². The van der Waals surface area contributed by atoms with Crippen molar-refractivity contribution in [1.82, 2.24) is 0 Å². The molecular weight excluding hydrogens is 203 g/mol. The van der Waals surface area contributed by atoms with Crippen molar-refractivity contribution in [3.63, 3.8) is 0 Å². The van der Waals surface area contributed by atoms with E-state index in [0.717, 1.165) is 11.1 Å². The quantitative estimate of drug-likeness (QED) is 0.675. The van der Waals surface area contributed by atoms with E-state index < -0.39 is 5.29 Å². The van der Waals surface area contributed by atoms with E-state index in [2.05, 4.69) is 0 Å². The number of alkyl halides is 1. The van der Waals surface area contributed by atoms with E-state index in [1.54, 1.807) is 0 Å². The summed E-state index contributed by atoms with van der Waals surface area (Å²) in [6, 6.07) is 18.7. The number of hydrogen-bond acceptors (Lipinski definition) is 0. The van der Waals surface area contributed by atoms with Crippen molar-refractivity contribution in [3.8, 4) is 0 Å². The molecule has 0 N–H and O–H groups in total. The van der Waals surface area contributed by atoms with Crippen LogP contribution in [0.2, 0.25) is 0 Å². The monoisotopic (exact) mass is 216 g/mol. The van der Waals surface area contributed by atoms with Gasteiger partial charge in [-0.2, -0.15) is 0 Å². The van der Waals surface area contributed by atoms with Crippen molar-refractivity contribution in [2.75, 3.05) is 0 Å². The molecule has 0 bridgehead atoms. The molecule has 0 aliphatic rings. The molecule has 0 amide bonds. The highest BCUT2D eigenvalue weighted by atomic mass is 28.1. The summed E-state index contributed by atoms with van der Waals surface area (Å²) in [5, 5.41) is -1.28. The molecule has 2 aromatic carbocycles. The fourth-order valence-corrected chi connectivity index (χ4v) is 2.34. The summed E-state index contributed by atoms with van der Waals surface area (Å²) in [4.78, 5) is 0. The average Bonchev–Trinajstić information content (AvgIpc) is 2.31. The maximum absolute atomic E-state index is 14.6. The van der Waals surface area contributed by atoms with Crippen molar-refractivity contribution in [2.24, 2.45) is 0 Å². The second kappa shape index (κ2) is 3.99. The summed E-state index contributed by atoms with van der Waals surface area (Å²) in [6.07, 6.45) is 0. The van der Waals surface area contributed by atoms with Gasteiger partial charge in [-0.05, 0) is 11.1 Å². The van der Waals surface area contributed by atoms with Gasteiger partial charge < -0.3 is 0 Å². The van der Waals surface area contributed by atoms with Crippen LogP contribution < -0.4 is 0 Å². The van der Waals surface area contributed by atoms with E-state index in [1.807, 2.05) is 60.7 Å². The molecule has 0 radical (unpaired) electrons. The lowest BCUT2D eigenvalue weighted by molar-refractivity contribution is 0.342. The Morgan fingerprint density at radius 3 is 1.40 bits per heavy atom. The van der Waals surface area contributed by atoms with Gasteiger partial charge in [-0.1, -0.05) is 60.7 Å². The first-order chi connectivity index (χ1) is 7.21. The Kier molecular flexibility index (Phi) is 2.69. The molecule has 2 heteroatoms. The molecule has 0 aromatic heterocycles. The Labute approximate surface area is 92.2 Å². The minimum Gasteiger partial charge on any atom is -0.239 e. The predicted molar refractivity (Wildman–Crippen MR) is 64.7 cm³/mol. The minimum atomic E-state index is -1.28. The van der Waals surface area contributed by atoms with E-state index in [0.29, 0.717) is 10.2 Å². The third-order valence-corrected chi connectivity index (χ3v) is 3.79. The second-order valence-electron chi connectivity index (χ2n) is 3.74. The summed E-state index contributed by atoms with van der Waals surface area (Å²) < 4.78 is 14.6. The Balaban J connectivity index is 2.44. The van der Waals surface area contributed by atoms with Gasteiger partial charge in [-0.3, -0.25) is 0 Å². The highest BCUT2D eigenvalue weighted by Gasteiger charge is 2.26. The Morgan fingerprint density at radius 1 is 0.733 bits per heavy atom. The third-order valence-electron chi connectivity index (χ3n) is 2.63. The highest BCUT2D eigenvalue weighted by Crippen LogP contribution is 2.29. The SMILES string of the molecule is FC([SiH3])(c1ccccc1)c1ccccc1. The lowest BCUT2D eigenvalue weighted by Gasteiger charge is -2.21. The fraction of sp³-hybridized carbons (Fsp3) is 0.0769. The van der Waals surface area contributed by atoms with E-state index in [9.17, 15) is 4.39 Å². The van der Waals surface area contributed by atoms with Gasteiger partial charge in [0, 0.05) is 0 Å². The smallest absolute Gasteiger partial charge is 0.137 e. The van der Waals surface area contributed by atoms with Gasteiger partial charge in [0.05, 0.1) is 10.2 Å². The molecule has 15 heavy (non-hydrogen) atoms. The molecule has 0 aliphatic heterocycles. The Morgan fingerprint density at radius 2 is 1.07 bits per heavy atom. The molecule has 2 rings (SSSR count). The number of benzene rings is 2. The normalized spacial score (nSPS) is 11.5. The molecule has 0 nitrogen and oxygen atoms in total. The van der Waals surface area contributed by atoms with Gasteiger partial charge in [0.2, 0.25) is 0 Å². The molecule has 2 aromatic rings. The third kappa shape index (κ3) is 2.00. The van der Waals surface area contributed by atoms with E-state index in [4.69, 9.17) is 0 Å².